The van der Waals surface area contributed by atoms with Gasteiger partial charge in [-0.1, -0.05) is 35.9 Å². The molecule has 0 N–H and O–H groups in total. The van der Waals surface area contributed by atoms with Crippen molar-refractivity contribution in [1.29, 1.82) is 0 Å². The van der Waals surface area contributed by atoms with Gasteiger partial charge in [-0.05, 0) is 51.0 Å². The molecule has 1 aromatic carbocycles. The molecule has 154 valence electrons. The van der Waals surface area contributed by atoms with Crippen LogP contribution < -0.4 is 4.90 Å². The van der Waals surface area contributed by atoms with E-state index in [0.29, 0.717) is 31.2 Å². The molecule has 0 spiro atoms. The van der Waals surface area contributed by atoms with E-state index in [9.17, 15) is 9.59 Å². The summed E-state index contributed by atoms with van der Waals surface area (Å²) >= 11 is 5.88. The third-order valence-corrected chi connectivity index (χ3v) is 4.88. The van der Waals surface area contributed by atoms with Crippen molar-refractivity contribution in [3.8, 4) is 0 Å². The minimum Gasteiger partial charge on any atom is -0.444 e. The number of anilines is 1. The summed E-state index contributed by atoms with van der Waals surface area (Å²) < 4.78 is 5.44. The van der Waals surface area contributed by atoms with Gasteiger partial charge >= 0.3 is 6.09 Å². The van der Waals surface area contributed by atoms with Crippen molar-refractivity contribution < 1.29 is 14.3 Å². The molecule has 1 unspecified atom stereocenters. The Bertz CT molecular complexity index is 850. The number of carbonyl (C=O) groups is 2. The molecule has 1 atom stereocenters. The number of benzene rings is 1. The monoisotopic (exact) mass is 415 g/mol. The zero-order chi connectivity index (χ0) is 21.0. The molecule has 0 saturated carbocycles. The minimum absolute atomic E-state index is 0.0165. The Morgan fingerprint density at radius 1 is 1.21 bits per heavy atom. The van der Waals surface area contributed by atoms with Gasteiger partial charge in [0.15, 0.2) is 0 Å². The minimum atomic E-state index is -0.559. The predicted molar refractivity (Wildman–Crippen MR) is 113 cm³/mol. The fourth-order valence-electron chi connectivity index (χ4n) is 3.26. The zero-order valence-electron chi connectivity index (χ0n) is 17.0. The van der Waals surface area contributed by atoms with Crippen molar-refractivity contribution in [3.05, 3.63) is 59.4 Å². The molecule has 7 heteroatoms. The van der Waals surface area contributed by atoms with Gasteiger partial charge in [0.25, 0.3) is 0 Å². The first kappa shape index (κ1) is 21.1. The van der Waals surface area contributed by atoms with Gasteiger partial charge in [0.05, 0.1) is 12.5 Å². The molecule has 0 aliphatic carbocycles. The van der Waals surface area contributed by atoms with Crippen LogP contribution in [0, 0.1) is 5.92 Å². The molecule has 2 amide bonds. The molecule has 0 bridgehead atoms. The fraction of sp³-hybridized carbons (Fsp3) is 0.409. The summed E-state index contributed by atoms with van der Waals surface area (Å²) in [4.78, 5) is 33.2. The number of para-hydroxylation sites is 1. The molecular weight excluding hydrogens is 390 g/mol. The summed E-state index contributed by atoms with van der Waals surface area (Å²) in [5.41, 5.74) is 1.13. The number of halogens is 1. The van der Waals surface area contributed by atoms with Gasteiger partial charge in [-0.15, -0.1) is 0 Å². The molecule has 3 rings (SSSR count). The summed E-state index contributed by atoms with van der Waals surface area (Å²) in [6.07, 6.45) is 1.91. The highest BCUT2D eigenvalue weighted by Crippen LogP contribution is 2.26. The van der Waals surface area contributed by atoms with Crippen LogP contribution in [0.4, 0.5) is 10.5 Å². The van der Waals surface area contributed by atoms with Gasteiger partial charge in [0, 0.05) is 25.0 Å². The average molecular weight is 416 g/mol. The maximum absolute atomic E-state index is 13.4. The molecule has 1 fully saturated rings. The Morgan fingerprint density at radius 3 is 2.55 bits per heavy atom. The number of hydrogen-bond donors (Lipinski definition) is 0. The molecule has 1 saturated heterocycles. The maximum Gasteiger partial charge on any atom is 0.410 e. The first-order valence-electron chi connectivity index (χ1n) is 9.68. The number of likely N-dealkylation sites (tertiary alicyclic amines) is 1. The van der Waals surface area contributed by atoms with Crippen LogP contribution in [0.3, 0.4) is 0 Å². The van der Waals surface area contributed by atoms with Crippen molar-refractivity contribution in [1.82, 2.24) is 9.88 Å². The van der Waals surface area contributed by atoms with Crippen molar-refractivity contribution in [2.24, 2.45) is 5.92 Å². The highest BCUT2D eigenvalue weighted by molar-refractivity contribution is 6.29. The quantitative estimate of drug-likeness (QED) is 0.688. The Hall–Kier alpha value is -2.60. The number of amides is 2. The second-order valence-electron chi connectivity index (χ2n) is 8.16. The summed E-state index contributed by atoms with van der Waals surface area (Å²) in [6, 6.07) is 13.1. The number of ether oxygens (including phenoxy) is 1. The van der Waals surface area contributed by atoms with Gasteiger partial charge in [-0.2, -0.15) is 0 Å². The fourth-order valence-corrected chi connectivity index (χ4v) is 3.37. The van der Waals surface area contributed by atoms with Gasteiger partial charge in [-0.3, -0.25) is 4.79 Å². The third kappa shape index (κ3) is 5.70. The molecule has 0 radical (unpaired) electrons. The van der Waals surface area contributed by atoms with Crippen LogP contribution in [0.2, 0.25) is 5.15 Å². The SMILES string of the molecule is CC(C)(C)OC(=O)N1CCC(C(=O)N(Cc2ccc(Cl)nc2)c2ccccc2)C1. The molecule has 1 aliphatic heterocycles. The number of aromatic nitrogens is 1. The molecule has 29 heavy (non-hydrogen) atoms. The van der Waals surface area contributed by atoms with E-state index in [1.807, 2.05) is 57.2 Å². The van der Waals surface area contributed by atoms with Crippen molar-refractivity contribution in [2.45, 2.75) is 39.3 Å². The van der Waals surface area contributed by atoms with Crippen LogP contribution in [-0.2, 0) is 16.1 Å². The standard InChI is InChI=1S/C22H26ClN3O3/c1-22(2,3)29-21(28)25-12-11-17(15-25)20(27)26(18-7-5-4-6-8-18)14-16-9-10-19(23)24-13-16/h4-10,13,17H,11-12,14-15H2,1-3H3. The van der Waals surface area contributed by atoms with Crippen LogP contribution in [0.1, 0.15) is 32.8 Å². The van der Waals surface area contributed by atoms with E-state index >= 15 is 0 Å². The van der Waals surface area contributed by atoms with Gasteiger partial charge < -0.3 is 14.5 Å². The van der Waals surface area contributed by atoms with Gasteiger partial charge in [0.2, 0.25) is 5.91 Å². The lowest BCUT2D eigenvalue weighted by Gasteiger charge is -2.27. The zero-order valence-corrected chi connectivity index (χ0v) is 17.7. The first-order chi connectivity index (χ1) is 13.7. The Morgan fingerprint density at radius 2 is 1.93 bits per heavy atom. The van der Waals surface area contributed by atoms with Crippen LogP contribution in [0.5, 0.6) is 0 Å². The number of nitrogens with zero attached hydrogens (tertiary/aromatic N) is 3. The summed E-state index contributed by atoms with van der Waals surface area (Å²) in [5, 5.41) is 0.412. The molecule has 1 aliphatic rings. The Kier molecular flexibility index (Phi) is 6.42. The largest absolute Gasteiger partial charge is 0.444 e. The van der Waals surface area contributed by atoms with Crippen LogP contribution >= 0.6 is 11.6 Å². The van der Waals surface area contributed by atoms with E-state index < -0.39 is 5.60 Å². The topological polar surface area (TPSA) is 62.7 Å². The number of carbonyl (C=O) groups excluding carboxylic acids is 2. The second kappa shape index (κ2) is 8.82. The summed E-state index contributed by atoms with van der Waals surface area (Å²) in [6.45, 7) is 6.76. The lowest BCUT2D eigenvalue weighted by Crippen LogP contribution is -2.39. The van der Waals surface area contributed by atoms with Crippen LogP contribution in [-0.4, -0.2) is 40.6 Å². The van der Waals surface area contributed by atoms with E-state index in [-0.39, 0.29) is 17.9 Å². The highest BCUT2D eigenvalue weighted by Gasteiger charge is 2.36. The molecule has 2 aromatic rings. The average Bonchev–Trinajstić information content (AvgIpc) is 3.17. The van der Waals surface area contributed by atoms with E-state index in [2.05, 4.69) is 4.98 Å². The van der Waals surface area contributed by atoms with Gasteiger partial charge in [0.1, 0.15) is 10.8 Å². The summed E-state index contributed by atoms with van der Waals surface area (Å²) in [5.74, 6) is -0.291. The van der Waals surface area contributed by atoms with E-state index in [0.717, 1.165) is 11.3 Å². The lowest BCUT2D eigenvalue weighted by molar-refractivity contribution is -0.122. The van der Waals surface area contributed by atoms with Crippen molar-refractivity contribution >= 4 is 29.3 Å². The number of rotatable bonds is 4. The highest BCUT2D eigenvalue weighted by atomic mass is 35.5. The smallest absolute Gasteiger partial charge is 0.410 e. The Balaban J connectivity index is 1.75. The third-order valence-electron chi connectivity index (χ3n) is 4.65. The summed E-state index contributed by atoms with van der Waals surface area (Å²) in [7, 11) is 0. The maximum atomic E-state index is 13.4. The van der Waals surface area contributed by atoms with Crippen molar-refractivity contribution in [2.75, 3.05) is 18.0 Å². The normalized spacial score (nSPS) is 16.6. The molecule has 6 nitrogen and oxygen atoms in total. The van der Waals surface area contributed by atoms with E-state index in [1.165, 1.54) is 0 Å². The van der Waals surface area contributed by atoms with Crippen LogP contribution in [0.15, 0.2) is 48.7 Å². The van der Waals surface area contributed by atoms with E-state index in [1.54, 1.807) is 22.1 Å². The Labute approximate surface area is 176 Å². The lowest BCUT2D eigenvalue weighted by atomic mass is 10.1. The molecule has 2 heterocycles. The van der Waals surface area contributed by atoms with Crippen molar-refractivity contribution in [3.63, 3.8) is 0 Å². The van der Waals surface area contributed by atoms with Gasteiger partial charge in [-0.25, -0.2) is 9.78 Å². The number of hydrogen-bond acceptors (Lipinski definition) is 4. The molecular formula is C22H26ClN3O3. The predicted octanol–water partition coefficient (Wildman–Crippen LogP) is 4.53. The van der Waals surface area contributed by atoms with E-state index in [4.69, 9.17) is 16.3 Å². The first-order valence-corrected chi connectivity index (χ1v) is 10.1. The number of pyridine rings is 1. The van der Waals surface area contributed by atoms with Crippen LogP contribution in [0.25, 0.3) is 0 Å². The molecule has 1 aromatic heterocycles. The second-order valence-corrected chi connectivity index (χ2v) is 8.55.